The topological polar surface area (TPSA) is 96.0 Å². The number of nitrogens with zero attached hydrogens (tertiary/aromatic N) is 2. The van der Waals surface area contributed by atoms with Gasteiger partial charge in [0.15, 0.2) is 0 Å². The molecule has 0 aliphatic heterocycles. The molecular formula is C29H33Cl2N3O5S2. The maximum absolute atomic E-state index is 14.0. The van der Waals surface area contributed by atoms with Gasteiger partial charge in [0.2, 0.25) is 11.8 Å². The van der Waals surface area contributed by atoms with Crippen LogP contribution >= 0.6 is 35.0 Å². The van der Waals surface area contributed by atoms with Gasteiger partial charge >= 0.3 is 0 Å². The molecule has 0 bridgehead atoms. The fourth-order valence-electron chi connectivity index (χ4n) is 4.22. The second-order valence-corrected chi connectivity index (χ2v) is 12.4. The lowest BCUT2D eigenvalue weighted by Crippen LogP contribution is -2.51. The fraction of sp³-hybridized carbons (Fsp3) is 0.310. The van der Waals surface area contributed by atoms with Gasteiger partial charge < -0.3 is 15.0 Å². The number of benzene rings is 3. The molecule has 0 unspecified atom stereocenters. The number of sulfonamides is 1. The molecule has 0 saturated carbocycles. The Labute approximate surface area is 256 Å². The minimum atomic E-state index is -4.20. The summed E-state index contributed by atoms with van der Waals surface area (Å²) in [6.07, 6.45) is 2.17. The molecule has 0 aliphatic rings. The van der Waals surface area contributed by atoms with E-state index in [4.69, 9.17) is 27.9 Å². The summed E-state index contributed by atoms with van der Waals surface area (Å²) in [7, 11) is -2.72. The summed E-state index contributed by atoms with van der Waals surface area (Å²) in [5, 5.41) is 3.24. The smallest absolute Gasteiger partial charge is 0.264 e. The molecule has 220 valence electrons. The zero-order valence-corrected chi connectivity index (χ0v) is 26.4. The van der Waals surface area contributed by atoms with Crippen molar-refractivity contribution in [2.24, 2.45) is 0 Å². The van der Waals surface area contributed by atoms with E-state index in [0.717, 1.165) is 9.20 Å². The maximum Gasteiger partial charge on any atom is 0.264 e. The first kappa shape index (κ1) is 32.6. The van der Waals surface area contributed by atoms with Crippen molar-refractivity contribution >= 4 is 62.5 Å². The summed E-state index contributed by atoms with van der Waals surface area (Å²) in [6, 6.07) is 16.9. The standard InChI is InChI=1S/C29H33Cl2N3O5S2/c1-5-27(29(36)32-3)33(18-24-25(30)8-7-9-26(24)31)28(35)19-34(20-10-12-21(13-11-20)39-6-2)41(37,38)23-16-14-22(40-4)15-17-23/h7-17,27H,5-6,18-19H2,1-4H3,(H,32,36)/t27-/m0/s1. The molecule has 1 atom stereocenters. The Morgan fingerprint density at radius 3 is 2.10 bits per heavy atom. The molecule has 3 aromatic carbocycles. The van der Waals surface area contributed by atoms with Crippen LogP contribution in [0.2, 0.25) is 10.0 Å². The van der Waals surface area contributed by atoms with E-state index in [2.05, 4.69) is 5.32 Å². The van der Waals surface area contributed by atoms with Gasteiger partial charge in [-0.3, -0.25) is 13.9 Å². The fourth-order valence-corrected chi connectivity index (χ4v) is 6.56. The predicted octanol–water partition coefficient (Wildman–Crippen LogP) is 5.86. The van der Waals surface area contributed by atoms with Crippen molar-refractivity contribution in [1.82, 2.24) is 10.2 Å². The Morgan fingerprint density at radius 2 is 1.59 bits per heavy atom. The second-order valence-electron chi connectivity index (χ2n) is 8.87. The molecule has 0 spiro atoms. The van der Waals surface area contributed by atoms with Gasteiger partial charge in [-0.1, -0.05) is 36.2 Å². The van der Waals surface area contributed by atoms with Crippen molar-refractivity contribution in [2.75, 3.05) is 30.8 Å². The van der Waals surface area contributed by atoms with E-state index >= 15 is 0 Å². The first-order chi connectivity index (χ1) is 19.6. The third-order valence-corrected chi connectivity index (χ3v) is 9.62. The minimum Gasteiger partial charge on any atom is -0.494 e. The van der Waals surface area contributed by atoms with Crippen LogP contribution in [0, 0.1) is 0 Å². The van der Waals surface area contributed by atoms with Crippen molar-refractivity contribution in [3.05, 3.63) is 82.3 Å². The number of halogens is 2. The summed E-state index contributed by atoms with van der Waals surface area (Å²) in [4.78, 5) is 29.2. The third kappa shape index (κ3) is 7.88. The molecule has 2 amide bonds. The summed E-state index contributed by atoms with van der Waals surface area (Å²) < 4.78 is 34.5. The Hall–Kier alpha value is -2.92. The maximum atomic E-state index is 14.0. The lowest BCUT2D eigenvalue weighted by molar-refractivity contribution is -0.140. The SMILES string of the molecule is CCOc1ccc(N(CC(=O)N(Cc2c(Cl)cccc2Cl)[C@@H](CC)C(=O)NC)S(=O)(=O)c2ccc(SC)cc2)cc1. The number of hydrogen-bond donors (Lipinski definition) is 1. The van der Waals surface area contributed by atoms with Crippen molar-refractivity contribution in [2.45, 2.75) is 42.6 Å². The lowest BCUT2D eigenvalue weighted by Gasteiger charge is -2.33. The Morgan fingerprint density at radius 1 is 0.976 bits per heavy atom. The summed E-state index contributed by atoms with van der Waals surface area (Å²) in [5.41, 5.74) is 0.717. The molecule has 0 radical (unpaired) electrons. The molecule has 3 aromatic rings. The molecule has 0 heterocycles. The van der Waals surface area contributed by atoms with Crippen LogP contribution in [0.5, 0.6) is 5.75 Å². The average molecular weight is 639 g/mol. The van der Waals surface area contributed by atoms with E-state index in [1.807, 2.05) is 13.2 Å². The molecule has 0 saturated heterocycles. The van der Waals surface area contributed by atoms with Crippen molar-refractivity contribution in [1.29, 1.82) is 0 Å². The van der Waals surface area contributed by atoms with Gasteiger partial charge in [-0.25, -0.2) is 8.42 Å². The van der Waals surface area contributed by atoms with E-state index < -0.39 is 34.4 Å². The molecule has 41 heavy (non-hydrogen) atoms. The Kier molecular flexibility index (Phi) is 11.8. The van der Waals surface area contributed by atoms with Gasteiger partial charge in [0.05, 0.1) is 17.2 Å². The zero-order valence-electron chi connectivity index (χ0n) is 23.3. The largest absolute Gasteiger partial charge is 0.494 e. The van der Waals surface area contributed by atoms with Crippen LogP contribution in [-0.4, -0.2) is 57.6 Å². The van der Waals surface area contributed by atoms with Crippen molar-refractivity contribution in [3.63, 3.8) is 0 Å². The number of carbonyl (C=O) groups excluding carboxylic acids is 2. The number of thioether (sulfide) groups is 1. The van der Waals surface area contributed by atoms with Crippen LogP contribution in [-0.2, 0) is 26.2 Å². The predicted molar refractivity (Wildman–Crippen MR) is 166 cm³/mol. The second kappa shape index (κ2) is 14.8. The summed E-state index contributed by atoms with van der Waals surface area (Å²) in [5.74, 6) is -0.438. The van der Waals surface area contributed by atoms with Gasteiger partial charge in [0, 0.05) is 34.1 Å². The van der Waals surface area contributed by atoms with Crippen LogP contribution in [0.25, 0.3) is 0 Å². The highest BCUT2D eigenvalue weighted by Crippen LogP contribution is 2.30. The molecular weight excluding hydrogens is 605 g/mol. The number of anilines is 1. The average Bonchev–Trinajstić information content (AvgIpc) is 2.97. The molecule has 0 aromatic heterocycles. The number of ether oxygens (including phenoxy) is 1. The lowest BCUT2D eigenvalue weighted by atomic mass is 10.1. The third-order valence-electron chi connectivity index (χ3n) is 6.38. The minimum absolute atomic E-state index is 0.0241. The first-order valence-corrected chi connectivity index (χ1v) is 16.3. The first-order valence-electron chi connectivity index (χ1n) is 12.9. The number of carbonyl (C=O) groups is 2. The molecule has 3 rings (SSSR count). The molecule has 0 aliphatic carbocycles. The number of rotatable bonds is 13. The number of nitrogens with one attached hydrogen (secondary N) is 1. The monoisotopic (exact) mass is 637 g/mol. The van der Waals surface area contributed by atoms with Crippen molar-refractivity contribution in [3.8, 4) is 5.75 Å². The van der Waals surface area contributed by atoms with E-state index in [1.165, 1.54) is 35.8 Å². The van der Waals surface area contributed by atoms with E-state index in [-0.39, 0.29) is 23.5 Å². The number of likely N-dealkylation sites (N-methyl/N-ethyl adjacent to an activating group) is 1. The van der Waals surface area contributed by atoms with Gasteiger partial charge in [-0.05, 0) is 80.3 Å². The number of hydrogen-bond acceptors (Lipinski definition) is 6. The normalized spacial score (nSPS) is 12.0. The molecule has 1 N–H and O–H groups in total. The molecule has 0 fully saturated rings. The van der Waals surface area contributed by atoms with Gasteiger partial charge in [0.1, 0.15) is 18.3 Å². The number of amides is 2. The van der Waals surface area contributed by atoms with E-state index in [1.54, 1.807) is 61.5 Å². The van der Waals surface area contributed by atoms with Crippen LogP contribution in [0.3, 0.4) is 0 Å². The molecule has 12 heteroatoms. The van der Waals surface area contributed by atoms with E-state index in [0.29, 0.717) is 28.0 Å². The van der Waals surface area contributed by atoms with Gasteiger partial charge in [0.25, 0.3) is 10.0 Å². The highest BCUT2D eigenvalue weighted by atomic mass is 35.5. The van der Waals surface area contributed by atoms with E-state index in [9.17, 15) is 18.0 Å². The summed E-state index contributed by atoms with van der Waals surface area (Å²) in [6.45, 7) is 3.39. The quantitative estimate of drug-likeness (QED) is 0.236. The van der Waals surface area contributed by atoms with Crippen LogP contribution < -0.4 is 14.4 Å². The van der Waals surface area contributed by atoms with Crippen LogP contribution in [0.15, 0.2) is 76.5 Å². The Balaban J connectivity index is 2.09. The van der Waals surface area contributed by atoms with Crippen LogP contribution in [0.4, 0.5) is 5.69 Å². The Bertz CT molecular complexity index is 1430. The van der Waals surface area contributed by atoms with Crippen molar-refractivity contribution < 1.29 is 22.7 Å². The van der Waals surface area contributed by atoms with Gasteiger partial charge in [-0.15, -0.1) is 11.8 Å². The zero-order chi connectivity index (χ0) is 30.2. The molecule has 8 nitrogen and oxygen atoms in total. The van der Waals surface area contributed by atoms with Gasteiger partial charge in [-0.2, -0.15) is 0 Å². The summed E-state index contributed by atoms with van der Waals surface area (Å²) >= 11 is 14.3. The highest BCUT2D eigenvalue weighted by Gasteiger charge is 2.34. The van der Waals surface area contributed by atoms with Crippen LogP contribution in [0.1, 0.15) is 25.8 Å². The highest BCUT2D eigenvalue weighted by molar-refractivity contribution is 7.98.